The van der Waals surface area contributed by atoms with E-state index < -0.39 is 0 Å². The zero-order valence-electron chi connectivity index (χ0n) is 10.2. The minimum absolute atomic E-state index is 0.176. The van der Waals surface area contributed by atoms with Gasteiger partial charge in [-0.25, -0.2) is 0 Å². The van der Waals surface area contributed by atoms with Gasteiger partial charge in [-0.15, -0.1) is 0 Å². The van der Waals surface area contributed by atoms with Gasteiger partial charge in [0.15, 0.2) is 0 Å². The molecule has 2 N–H and O–H groups in total. The third-order valence-electron chi connectivity index (χ3n) is 3.14. The van der Waals surface area contributed by atoms with Crippen molar-refractivity contribution in [2.45, 2.75) is 12.3 Å². The topological polar surface area (TPSA) is 26.0 Å². The molecule has 2 rings (SSSR count). The van der Waals surface area contributed by atoms with Crippen LogP contribution in [0, 0.1) is 0 Å². The molecule has 4 heteroatoms. The molecule has 2 aromatic carbocycles. The summed E-state index contributed by atoms with van der Waals surface area (Å²) in [4.78, 5) is 0. The zero-order valence-corrected chi connectivity index (χ0v) is 12.5. The van der Waals surface area contributed by atoms with Gasteiger partial charge < -0.3 is 5.73 Å². The Morgan fingerprint density at radius 1 is 0.895 bits per heavy atom. The summed E-state index contributed by atoms with van der Waals surface area (Å²) in [6.45, 7) is 0.531. The number of nitrogens with two attached hydrogens (primary N) is 1. The van der Waals surface area contributed by atoms with Crippen molar-refractivity contribution in [1.29, 1.82) is 0 Å². The number of halogens is 3. The van der Waals surface area contributed by atoms with Crippen molar-refractivity contribution >= 4 is 34.8 Å². The molecule has 0 heterocycles. The highest BCUT2D eigenvalue weighted by Crippen LogP contribution is 2.30. The molecule has 19 heavy (non-hydrogen) atoms. The largest absolute Gasteiger partial charge is 0.330 e. The third kappa shape index (κ3) is 3.64. The van der Waals surface area contributed by atoms with E-state index in [1.165, 1.54) is 0 Å². The van der Waals surface area contributed by atoms with E-state index in [9.17, 15) is 0 Å². The van der Waals surface area contributed by atoms with Gasteiger partial charge in [-0.05, 0) is 48.4 Å². The summed E-state index contributed by atoms with van der Waals surface area (Å²) >= 11 is 18.3. The molecule has 1 unspecified atom stereocenters. The molecule has 0 bridgehead atoms. The van der Waals surface area contributed by atoms with Crippen LogP contribution in [0.15, 0.2) is 42.5 Å². The smallest absolute Gasteiger partial charge is 0.0453 e. The van der Waals surface area contributed by atoms with Crippen LogP contribution >= 0.6 is 34.8 Å². The Balaban J connectivity index is 2.26. The predicted molar refractivity (Wildman–Crippen MR) is 83.4 cm³/mol. The Hall–Kier alpha value is -0.730. The summed E-state index contributed by atoms with van der Waals surface area (Å²) in [5, 5.41) is 2.08. The second-order valence-corrected chi connectivity index (χ2v) is 5.64. The summed E-state index contributed by atoms with van der Waals surface area (Å²) < 4.78 is 0. The van der Waals surface area contributed by atoms with Gasteiger partial charge in [-0.3, -0.25) is 0 Å². The molecule has 0 amide bonds. The van der Waals surface area contributed by atoms with Gasteiger partial charge >= 0.3 is 0 Å². The fourth-order valence-corrected chi connectivity index (χ4v) is 2.72. The average Bonchev–Trinajstić information content (AvgIpc) is 2.40. The Kier molecular flexibility index (Phi) is 5.12. The lowest BCUT2D eigenvalue weighted by molar-refractivity contribution is 0.694. The van der Waals surface area contributed by atoms with E-state index >= 15 is 0 Å². The molecular weight excluding hydrogens is 301 g/mol. The van der Waals surface area contributed by atoms with Crippen molar-refractivity contribution < 1.29 is 0 Å². The highest BCUT2D eigenvalue weighted by Gasteiger charge is 2.14. The molecule has 0 aliphatic rings. The van der Waals surface area contributed by atoms with Crippen molar-refractivity contribution in [3.05, 3.63) is 68.7 Å². The van der Waals surface area contributed by atoms with Gasteiger partial charge in [0.2, 0.25) is 0 Å². The molecule has 0 saturated heterocycles. The van der Waals surface area contributed by atoms with Gasteiger partial charge in [-0.1, -0.05) is 53.0 Å². The maximum atomic E-state index is 6.20. The first-order chi connectivity index (χ1) is 9.11. The first-order valence-corrected chi connectivity index (χ1v) is 7.13. The van der Waals surface area contributed by atoms with Crippen LogP contribution in [0.25, 0.3) is 0 Å². The van der Waals surface area contributed by atoms with E-state index in [4.69, 9.17) is 40.5 Å². The molecule has 0 spiro atoms. The Bertz CT molecular complexity index is 532. The van der Waals surface area contributed by atoms with Crippen molar-refractivity contribution in [1.82, 2.24) is 0 Å². The second kappa shape index (κ2) is 6.62. The summed E-state index contributed by atoms with van der Waals surface area (Å²) in [5.41, 5.74) is 7.95. The van der Waals surface area contributed by atoms with E-state index in [1.807, 2.05) is 42.5 Å². The van der Waals surface area contributed by atoms with Crippen LogP contribution in [0.1, 0.15) is 17.0 Å². The van der Waals surface area contributed by atoms with E-state index in [1.54, 1.807) is 0 Å². The van der Waals surface area contributed by atoms with E-state index in [2.05, 4.69) is 0 Å². The van der Waals surface area contributed by atoms with Crippen molar-refractivity contribution in [2.75, 3.05) is 6.54 Å². The lowest BCUT2D eigenvalue weighted by Crippen LogP contribution is -2.15. The Morgan fingerprint density at radius 2 is 1.47 bits per heavy atom. The molecule has 0 radical (unpaired) electrons. The lowest BCUT2D eigenvalue weighted by Gasteiger charge is -2.17. The molecule has 2 aromatic rings. The summed E-state index contributed by atoms with van der Waals surface area (Å²) in [6, 6.07) is 13.3. The van der Waals surface area contributed by atoms with Gasteiger partial charge in [0.1, 0.15) is 0 Å². The molecule has 1 nitrogen and oxygen atoms in total. The van der Waals surface area contributed by atoms with E-state index in [-0.39, 0.29) is 5.92 Å². The maximum Gasteiger partial charge on any atom is 0.0453 e. The number of rotatable bonds is 4. The molecule has 0 fully saturated rings. The maximum absolute atomic E-state index is 6.20. The molecule has 0 saturated carbocycles. The van der Waals surface area contributed by atoms with Crippen LogP contribution in [0.5, 0.6) is 0 Å². The van der Waals surface area contributed by atoms with Crippen molar-refractivity contribution in [2.24, 2.45) is 5.73 Å². The Morgan fingerprint density at radius 3 is 2.00 bits per heavy atom. The molecule has 0 aliphatic carbocycles. The SMILES string of the molecule is NCC(Cc1c(Cl)cccc1Cl)c1ccc(Cl)cc1. The first-order valence-electron chi connectivity index (χ1n) is 6.00. The second-order valence-electron chi connectivity index (χ2n) is 4.39. The molecule has 100 valence electrons. The predicted octanol–water partition coefficient (Wildman–Crippen LogP) is 4.93. The van der Waals surface area contributed by atoms with Crippen LogP contribution in [0.2, 0.25) is 15.1 Å². The molecular formula is C15H14Cl3N. The monoisotopic (exact) mass is 313 g/mol. The average molecular weight is 315 g/mol. The zero-order chi connectivity index (χ0) is 13.8. The fourth-order valence-electron chi connectivity index (χ4n) is 2.05. The summed E-state index contributed by atoms with van der Waals surface area (Å²) in [5.74, 6) is 0.176. The minimum Gasteiger partial charge on any atom is -0.330 e. The fraction of sp³-hybridized carbons (Fsp3) is 0.200. The van der Waals surface area contributed by atoms with Crippen molar-refractivity contribution in [3.8, 4) is 0 Å². The Labute approximate surface area is 128 Å². The van der Waals surface area contributed by atoms with Gasteiger partial charge in [0.05, 0.1) is 0 Å². The number of hydrogen-bond acceptors (Lipinski definition) is 1. The van der Waals surface area contributed by atoms with Gasteiger partial charge in [0.25, 0.3) is 0 Å². The van der Waals surface area contributed by atoms with E-state index in [0.29, 0.717) is 16.6 Å². The molecule has 0 aromatic heterocycles. The minimum atomic E-state index is 0.176. The van der Waals surface area contributed by atoms with Gasteiger partial charge in [-0.2, -0.15) is 0 Å². The highest BCUT2D eigenvalue weighted by molar-refractivity contribution is 6.36. The van der Waals surface area contributed by atoms with Crippen LogP contribution in [0.4, 0.5) is 0 Å². The molecule has 1 atom stereocenters. The normalized spacial score (nSPS) is 12.4. The summed E-state index contributed by atoms with van der Waals surface area (Å²) in [6.07, 6.45) is 0.719. The molecule has 0 aliphatic heterocycles. The van der Waals surface area contributed by atoms with Crippen LogP contribution in [-0.2, 0) is 6.42 Å². The lowest BCUT2D eigenvalue weighted by atomic mass is 9.92. The standard InChI is InChI=1S/C15H14Cl3N/c16-12-6-4-10(5-7-12)11(9-19)8-13-14(17)2-1-3-15(13)18/h1-7,11H,8-9,19H2. The van der Waals surface area contributed by atoms with Crippen LogP contribution in [0.3, 0.4) is 0 Å². The van der Waals surface area contributed by atoms with Crippen LogP contribution in [-0.4, -0.2) is 6.54 Å². The number of benzene rings is 2. The summed E-state index contributed by atoms with van der Waals surface area (Å²) in [7, 11) is 0. The number of hydrogen-bond donors (Lipinski definition) is 1. The third-order valence-corrected chi connectivity index (χ3v) is 4.10. The van der Waals surface area contributed by atoms with Crippen molar-refractivity contribution in [3.63, 3.8) is 0 Å². The highest BCUT2D eigenvalue weighted by atomic mass is 35.5. The van der Waals surface area contributed by atoms with E-state index in [0.717, 1.165) is 22.6 Å². The quantitative estimate of drug-likeness (QED) is 0.850. The van der Waals surface area contributed by atoms with Gasteiger partial charge in [0, 0.05) is 21.0 Å². The first kappa shape index (κ1) is 14.7. The van der Waals surface area contributed by atoms with Crippen LogP contribution < -0.4 is 5.73 Å².